The minimum absolute atomic E-state index is 0.221. The van der Waals surface area contributed by atoms with Gasteiger partial charge in [0.2, 0.25) is 5.88 Å². The van der Waals surface area contributed by atoms with Crippen molar-refractivity contribution in [3.63, 3.8) is 0 Å². The van der Waals surface area contributed by atoms with Crippen LogP contribution in [0.3, 0.4) is 0 Å². The van der Waals surface area contributed by atoms with E-state index in [9.17, 15) is 19.1 Å². The van der Waals surface area contributed by atoms with Crippen LogP contribution in [-0.2, 0) is 16.0 Å². The average Bonchev–Trinajstić information content (AvgIpc) is 2.91. The maximum atomic E-state index is 14.5. The standard InChI is InChI=1S/C27H26FNO6/c1-15(27(32)34-3)26(31)18-5-4-16-7-9-23(35-24(16)11-18)17-6-8-20(19(10-17)14-30)21-12-25(33-2)29-13-22(21)28/h4-6,8,10-15,23,26,31H,7,9H2,1-3H3/t15-,23-,26+/m0/s1. The Bertz CT molecular complexity index is 1260. The molecule has 0 amide bonds. The van der Waals surface area contributed by atoms with Gasteiger partial charge < -0.3 is 19.3 Å². The van der Waals surface area contributed by atoms with Crippen LogP contribution >= 0.6 is 0 Å². The summed E-state index contributed by atoms with van der Waals surface area (Å²) >= 11 is 0. The number of aryl methyl sites for hydroxylation is 1. The van der Waals surface area contributed by atoms with Crippen LogP contribution in [-0.4, -0.2) is 36.6 Å². The number of fused-ring (bicyclic) bond motifs is 1. The first kappa shape index (κ1) is 24.3. The predicted molar refractivity (Wildman–Crippen MR) is 126 cm³/mol. The molecule has 7 nitrogen and oxygen atoms in total. The molecule has 0 radical (unpaired) electrons. The second-order valence-corrected chi connectivity index (χ2v) is 8.44. The van der Waals surface area contributed by atoms with E-state index in [0.29, 0.717) is 35.1 Å². The van der Waals surface area contributed by atoms with E-state index in [1.165, 1.54) is 20.3 Å². The second-order valence-electron chi connectivity index (χ2n) is 8.44. The number of aromatic nitrogens is 1. The number of carbonyl (C=O) groups is 2. The van der Waals surface area contributed by atoms with E-state index in [-0.39, 0.29) is 17.5 Å². The zero-order valence-electron chi connectivity index (χ0n) is 19.7. The van der Waals surface area contributed by atoms with Crippen molar-refractivity contribution < 1.29 is 33.3 Å². The molecule has 1 N–H and O–H groups in total. The van der Waals surface area contributed by atoms with Gasteiger partial charge in [0.15, 0.2) is 6.29 Å². The highest BCUT2D eigenvalue weighted by Gasteiger charge is 2.27. The van der Waals surface area contributed by atoms with Gasteiger partial charge in [-0.3, -0.25) is 9.59 Å². The van der Waals surface area contributed by atoms with E-state index in [1.807, 2.05) is 12.1 Å². The van der Waals surface area contributed by atoms with E-state index in [2.05, 4.69) is 4.98 Å². The van der Waals surface area contributed by atoms with E-state index < -0.39 is 23.8 Å². The SMILES string of the molecule is COC(=O)[C@@H](C)[C@@H](O)c1ccc2c(c1)O[C@H](c1ccc(-c3cc(OC)ncc3F)c(C=O)c1)CC2. The largest absolute Gasteiger partial charge is 0.485 e. The molecule has 35 heavy (non-hydrogen) atoms. The van der Waals surface area contributed by atoms with Crippen LogP contribution in [0.2, 0.25) is 0 Å². The highest BCUT2D eigenvalue weighted by atomic mass is 19.1. The molecule has 3 atom stereocenters. The predicted octanol–water partition coefficient (Wildman–Crippen LogP) is 4.62. The van der Waals surface area contributed by atoms with Crippen LogP contribution in [0.5, 0.6) is 11.6 Å². The molecule has 1 aromatic heterocycles. The molecule has 2 heterocycles. The van der Waals surface area contributed by atoms with Crippen molar-refractivity contribution in [1.29, 1.82) is 0 Å². The molecule has 0 spiro atoms. The Morgan fingerprint density at radius 1 is 1.20 bits per heavy atom. The Kier molecular flexibility index (Phi) is 7.12. The first-order valence-corrected chi connectivity index (χ1v) is 11.2. The Morgan fingerprint density at radius 3 is 2.71 bits per heavy atom. The van der Waals surface area contributed by atoms with Crippen molar-refractivity contribution in [2.45, 2.75) is 32.0 Å². The van der Waals surface area contributed by atoms with Crippen molar-refractivity contribution >= 4 is 12.3 Å². The van der Waals surface area contributed by atoms with Gasteiger partial charge >= 0.3 is 5.97 Å². The molecule has 1 aliphatic rings. The van der Waals surface area contributed by atoms with Crippen molar-refractivity contribution in [2.24, 2.45) is 5.92 Å². The van der Waals surface area contributed by atoms with Crippen LogP contribution in [0.25, 0.3) is 11.1 Å². The number of carbonyl (C=O) groups excluding carboxylic acids is 2. The lowest BCUT2D eigenvalue weighted by Gasteiger charge is -2.28. The van der Waals surface area contributed by atoms with Gasteiger partial charge in [-0.15, -0.1) is 0 Å². The normalized spacial score (nSPS) is 16.4. The monoisotopic (exact) mass is 479 g/mol. The van der Waals surface area contributed by atoms with Crippen LogP contribution in [0, 0.1) is 11.7 Å². The quantitative estimate of drug-likeness (QED) is 0.390. The maximum absolute atomic E-state index is 14.5. The fraction of sp³-hybridized carbons (Fsp3) is 0.296. The van der Waals surface area contributed by atoms with Crippen LogP contribution < -0.4 is 9.47 Å². The van der Waals surface area contributed by atoms with Gasteiger partial charge in [0.05, 0.1) is 32.4 Å². The summed E-state index contributed by atoms with van der Waals surface area (Å²) in [6, 6.07) is 12.0. The number of halogens is 1. The summed E-state index contributed by atoms with van der Waals surface area (Å²) < 4.78 is 30.5. The molecule has 2 aromatic carbocycles. The third kappa shape index (κ3) is 4.88. The summed E-state index contributed by atoms with van der Waals surface area (Å²) in [6.45, 7) is 1.60. The van der Waals surface area contributed by atoms with E-state index >= 15 is 0 Å². The van der Waals surface area contributed by atoms with Gasteiger partial charge in [0.25, 0.3) is 0 Å². The fourth-order valence-corrected chi connectivity index (χ4v) is 4.27. The first-order valence-electron chi connectivity index (χ1n) is 11.2. The molecule has 1 aliphatic heterocycles. The lowest BCUT2D eigenvalue weighted by Crippen LogP contribution is -2.21. The van der Waals surface area contributed by atoms with Crippen molar-refractivity contribution in [2.75, 3.05) is 14.2 Å². The number of esters is 1. The number of methoxy groups -OCH3 is 2. The number of aliphatic hydroxyl groups is 1. The second kappa shape index (κ2) is 10.2. The number of aldehydes is 1. The van der Waals surface area contributed by atoms with E-state index in [4.69, 9.17) is 14.2 Å². The van der Waals surface area contributed by atoms with Gasteiger partial charge in [-0.05, 0) is 54.2 Å². The minimum Gasteiger partial charge on any atom is -0.485 e. The minimum atomic E-state index is -1.04. The molecule has 0 bridgehead atoms. The summed E-state index contributed by atoms with van der Waals surface area (Å²) in [7, 11) is 2.72. The summed E-state index contributed by atoms with van der Waals surface area (Å²) in [6.07, 6.45) is 1.79. The zero-order valence-corrected chi connectivity index (χ0v) is 19.7. The van der Waals surface area contributed by atoms with Gasteiger partial charge in [0.1, 0.15) is 17.7 Å². The Balaban J connectivity index is 1.61. The van der Waals surface area contributed by atoms with E-state index in [0.717, 1.165) is 23.7 Å². The highest BCUT2D eigenvalue weighted by Crippen LogP contribution is 2.39. The molecular weight excluding hydrogens is 453 g/mol. The number of nitrogens with zero attached hydrogens (tertiary/aromatic N) is 1. The smallest absolute Gasteiger partial charge is 0.311 e. The van der Waals surface area contributed by atoms with Crippen molar-refractivity contribution in [1.82, 2.24) is 4.98 Å². The number of pyridine rings is 1. The average molecular weight is 480 g/mol. The topological polar surface area (TPSA) is 95.0 Å². The van der Waals surface area contributed by atoms with Gasteiger partial charge in [-0.25, -0.2) is 9.37 Å². The Morgan fingerprint density at radius 2 is 2.00 bits per heavy atom. The molecular formula is C27H26FNO6. The van der Waals surface area contributed by atoms with E-state index in [1.54, 1.807) is 31.2 Å². The maximum Gasteiger partial charge on any atom is 0.311 e. The summed E-state index contributed by atoms with van der Waals surface area (Å²) in [5.74, 6) is -0.937. The molecule has 8 heteroatoms. The van der Waals surface area contributed by atoms with Gasteiger partial charge in [-0.2, -0.15) is 0 Å². The molecule has 0 saturated carbocycles. The van der Waals surface area contributed by atoms with Crippen LogP contribution in [0.15, 0.2) is 48.7 Å². The number of benzene rings is 2. The van der Waals surface area contributed by atoms with Gasteiger partial charge in [0, 0.05) is 17.2 Å². The summed E-state index contributed by atoms with van der Waals surface area (Å²) in [4.78, 5) is 27.6. The third-order valence-corrected chi connectivity index (χ3v) is 6.33. The first-order chi connectivity index (χ1) is 16.9. The molecule has 0 saturated heterocycles. The van der Waals surface area contributed by atoms with Gasteiger partial charge in [-0.1, -0.05) is 24.3 Å². The molecule has 0 aliphatic carbocycles. The van der Waals surface area contributed by atoms with Crippen molar-refractivity contribution in [3.8, 4) is 22.8 Å². The summed E-state index contributed by atoms with van der Waals surface area (Å²) in [5, 5.41) is 10.6. The fourth-order valence-electron chi connectivity index (χ4n) is 4.27. The van der Waals surface area contributed by atoms with Crippen LogP contribution in [0.4, 0.5) is 4.39 Å². The lowest BCUT2D eigenvalue weighted by molar-refractivity contribution is -0.148. The number of ether oxygens (including phenoxy) is 3. The number of aliphatic hydroxyl groups excluding tert-OH is 1. The molecule has 182 valence electrons. The Hall–Kier alpha value is -3.78. The number of hydrogen-bond donors (Lipinski definition) is 1. The summed E-state index contributed by atoms with van der Waals surface area (Å²) in [5.41, 5.74) is 3.28. The number of rotatable bonds is 7. The Labute approximate surface area is 202 Å². The molecule has 3 aromatic rings. The third-order valence-electron chi connectivity index (χ3n) is 6.33. The lowest BCUT2D eigenvalue weighted by atomic mass is 9.91. The van der Waals surface area contributed by atoms with Crippen molar-refractivity contribution in [3.05, 3.63) is 76.7 Å². The molecule has 0 fully saturated rings. The van der Waals surface area contributed by atoms with Crippen LogP contribution in [0.1, 0.15) is 52.6 Å². The molecule has 0 unspecified atom stereocenters. The zero-order chi connectivity index (χ0) is 25.1. The molecule has 4 rings (SSSR count). The highest BCUT2D eigenvalue weighted by molar-refractivity contribution is 5.88. The number of hydrogen-bond acceptors (Lipinski definition) is 7.